The zero-order valence-electron chi connectivity index (χ0n) is 10.3. The lowest BCUT2D eigenvalue weighted by Gasteiger charge is -2.32. The zero-order valence-corrected chi connectivity index (χ0v) is 10.3. The molecule has 0 spiro atoms. The van der Waals surface area contributed by atoms with Gasteiger partial charge in [0.25, 0.3) is 5.91 Å². The molecule has 2 rings (SSSR count). The third-order valence-electron chi connectivity index (χ3n) is 2.99. The molecule has 1 aromatic carbocycles. The molecule has 1 N–H and O–H groups in total. The number of hydrogen-bond donors (Lipinski definition) is 1. The number of nitrogens with zero attached hydrogens (tertiary/aromatic N) is 1. The van der Waals surface area contributed by atoms with Gasteiger partial charge in [0.1, 0.15) is 5.75 Å². The summed E-state index contributed by atoms with van der Waals surface area (Å²) in [5.74, 6) is 0.658. The molecule has 0 aliphatic carbocycles. The molecule has 0 saturated carbocycles. The minimum atomic E-state index is -0.548. The van der Waals surface area contributed by atoms with E-state index >= 15 is 0 Å². The van der Waals surface area contributed by atoms with Crippen molar-refractivity contribution in [3.63, 3.8) is 0 Å². The molecule has 0 saturated heterocycles. The van der Waals surface area contributed by atoms with Crippen molar-refractivity contribution in [3.05, 3.63) is 23.8 Å². The van der Waals surface area contributed by atoms with Crippen molar-refractivity contribution in [2.45, 2.75) is 33.0 Å². The summed E-state index contributed by atoms with van der Waals surface area (Å²) in [7, 11) is 0. The Labute approximate surface area is 101 Å². The van der Waals surface area contributed by atoms with Gasteiger partial charge in [-0.15, -0.1) is 0 Å². The fourth-order valence-corrected chi connectivity index (χ4v) is 2.01. The summed E-state index contributed by atoms with van der Waals surface area (Å²) in [5.41, 5.74) is 1.53. The van der Waals surface area contributed by atoms with Crippen LogP contribution in [-0.2, 0) is 4.79 Å². The van der Waals surface area contributed by atoms with E-state index in [4.69, 9.17) is 4.74 Å². The summed E-state index contributed by atoms with van der Waals surface area (Å²) in [6.07, 6.45) is -0.992. The summed E-state index contributed by atoms with van der Waals surface area (Å²) >= 11 is 0. The zero-order chi connectivity index (χ0) is 12.6. The lowest BCUT2D eigenvalue weighted by molar-refractivity contribution is -0.125. The van der Waals surface area contributed by atoms with Crippen LogP contribution in [0.5, 0.6) is 5.75 Å². The number of rotatable bonds is 2. The largest absolute Gasteiger partial charge is 0.479 e. The number of aliphatic hydroxyl groups is 1. The van der Waals surface area contributed by atoms with E-state index in [1.165, 1.54) is 0 Å². The molecular formula is C13H17NO3. The van der Waals surface area contributed by atoms with Crippen LogP contribution in [-0.4, -0.2) is 23.7 Å². The first-order valence-electron chi connectivity index (χ1n) is 5.84. The Morgan fingerprint density at radius 3 is 2.82 bits per heavy atom. The number of carbonyl (C=O) groups excluding carboxylic acids is 1. The molecule has 1 heterocycles. The van der Waals surface area contributed by atoms with Crippen molar-refractivity contribution < 1.29 is 14.6 Å². The smallest absolute Gasteiger partial charge is 0.267 e. The van der Waals surface area contributed by atoms with Crippen LogP contribution in [0.2, 0.25) is 0 Å². The fraction of sp³-hybridized carbons (Fsp3) is 0.462. The highest BCUT2D eigenvalue weighted by molar-refractivity contribution is 5.99. The Morgan fingerprint density at radius 1 is 1.53 bits per heavy atom. The highest BCUT2D eigenvalue weighted by Crippen LogP contribution is 2.35. The lowest BCUT2D eigenvalue weighted by Crippen LogP contribution is -2.44. The molecule has 0 bridgehead atoms. The van der Waals surface area contributed by atoms with Gasteiger partial charge in [0, 0.05) is 6.54 Å². The molecule has 1 aliphatic heterocycles. The van der Waals surface area contributed by atoms with Gasteiger partial charge in [-0.1, -0.05) is 6.07 Å². The van der Waals surface area contributed by atoms with Crippen LogP contribution in [0.25, 0.3) is 0 Å². The van der Waals surface area contributed by atoms with Gasteiger partial charge >= 0.3 is 0 Å². The monoisotopic (exact) mass is 235 g/mol. The number of hydrogen-bond acceptors (Lipinski definition) is 3. The predicted octanol–water partition coefficient (Wildman–Crippen LogP) is 1.87. The number of benzene rings is 1. The molecule has 4 nitrogen and oxygen atoms in total. The topological polar surface area (TPSA) is 49.8 Å². The summed E-state index contributed by atoms with van der Waals surface area (Å²) in [6.45, 7) is 5.97. The second-order valence-electron chi connectivity index (χ2n) is 4.25. The molecule has 4 heteroatoms. The van der Waals surface area contributed by atoms with Gasteiger partial charge in [-0.25, -0.2) is 0 Å². The summed E-state index contributed by atoms with van der Waals surface area (Å²) < 4.78 is 5.54. The number of fused-ring (bicyclic) bond motifs is 1. The molecule has 92 valence electrons. The Bertz CT molecular complexity index is 442. The SMILES string of the molecule is CCN1C(=O)C(C)Oc2ccc(C(C)O)cc21. The number of amides is 1. The van der Waals surface area contributed by atoms with Gasteiger partial charge < -0.3 is 14.7 Å². The molecule has 0 radical (unpaired) electrons. The van der Waals surface area contributed by atoms with Crippen LogP contribution in [0.3, 0.4) is 0 Å². The van der Waals surface area contributed by atoms with E-state index in [0.717, 1.165) is 11.3 Å². The Hall–Kier alpha value is -1.55. The van der Waals surface area contributed by atoms with Crippen molar-refractivity contribution in [2.24, 2.45) is 0 Å². The highest BCUT2D eigenvalue weighted by atomic mass is 16.5. The van der Waals surface area contributed by atoms with Gasteiger partial charge in [0.05, 0.1) is 11.8 Å². The maximum absolute atomic E-state index is 11.9. The number of carbonyl (C=O) groups is 1. The second-order valence-corrected chi connectivity index (χ2v) is 4.25. The summed E-state index contributed by atoms with van der Waals surface area (Å²) in [6, 6.07) is 5.44. The van der Waals surface area contributed by atoms with Crippen molar-refractivity contribution >= 4 is 11.6 Å². The van der Waals surface area contributed by atoms with E-state index in [0.29, 0.717) is 12.3 Å². The van der Waals surface area contributed by atoms with Gasteiger partial charge in [-0.3, -0.25) is 4.79 Å². The van der Waals surface area contributed by atoms with Crippen LogP contribution >= 0.6 is 0 Å². The number of anilines is 1. The van der Waals surface area contributed by atoms with E-state index in [-0.39, 0.29) is 5.91 Å². The number of ether oxygens (including phenoxy) is 1. The van der Waals surface area contributed by atoms with E-state index < -0.39 is 12.2 Å². The van der Waals surface area contributed by atoms with E-state index in [2.05, 4.69) is 0 Å². The molecule has 2 atom stereocenters. The maximum Gasteiger partial charge on any atom is 0.267 e. The van der Waals surface area contributed by atoms with Crippen molar-refractivity contribution in [3.8, 4) is 5.75 Å². The van der Waals surface area contributed by atoms with Gasteiger partial charge in [-0.2, -0.15) is 0 Å². The Morgan fingerprint density at radius 2 is 2.24 bits per heavy atom. The van der Waals surface area contributed by atoms with E-state index in [9.17, 15) is 9.90 Å². The Kier molecular flexibility index (Phi) is 3.07. The molecule has 0 fully saturated rings. The van der Waals surface area contributed by atoms with Crippen molar-refractivity contribution in [1.29, 1.82) is 0 Å². The van der Waals surface area contributed by atoms with Crippen LogP contribution in [0.15, 0.2) is 18.2 Å². The predicted molar refractivity (Wildman–Crippen MR) is 65.2 cm³/mol. The maximum atomic E-state index is 11.9. The number of aliphatic hydroxyl groups excluding tert-OH is 1. The van der Waals surface area contributed by atoms with Crippen LogP contribution in [0.1, 0.15) is 32.4 Å². The van der Waals surface area contributed by atoms with Gasteiger partial charge in [0.2, 0.25) is 0 Å². The van der Waals surface area contributed by atoms with Crippen molar-refractivity contribution in [1.82, 2.24) is 0 Å². The minimum absolute atomic E-state index is 0.0391. The van der Waals surface area contributed by atoms with Crippen LogP contribution < -0.4 is 9.64 Å². The quantitative estimate of drug-likeness (QED) is 0.851. The fourth-order valence-electron chi connectivity index (χ4n) is 2.01. The number of likely N-dealkylation sites (N-methyl/N-ethyl adjacent to an activating group) is 1. The third kappa shape index (κ3) is 2.00. The molecule has 1 amide bonds. The molecule has 1 aliphatic rings. The normalized spacial score (nSPS) is 20.8. The molecule has 0 aromatic heterocycles. The van der Waals surface area contributed by atoms with Crippen molar-refractivity contribution in [2.75, 3.05) is 11.4 Å². The lowest BCUT2D eigenvalue weighted by atomic mass is 10.1. The highest BCUT2D eigenvalue weighted by Gasteiger charge is 2.30. The Balaban J connectivity index is 2.48. The molecule has 1 aromatic rings. The minimum Gasteiger partial charge on any atom is -0.479 e. The van der Waals surface area contributed by atoms with E-state index in [1.54, 1.807) is 18.7 Å². The van der Waals surface area contributed by atoms with Crippen LogP contribution in [0.4, 0.5) is 5.69 Å². The summed E-state index contributed by atoms with van der Waals surface area (Å²) in [5, 5.41) is 9.56. The molecular weight excluding hydrogens is 218 g/mol. The summed E-state index contributed by atoms with van der Waals surface area (Å²) in [4.78, 5) is 13.6. The first-order valence-corrected chi connectivity index (χ1v) is 5.84. The van der Waals surface area contributed by atoms with Gasteiger partial charge in [-0.05, 0) is 38.5 Å². The second kappa shape index (κ2) is 4.37. The molecule has 2 unspecified atom stereocenters. The standard InChI is InChI=1S/C13H17NO3/c1-4-14-11-7-10(8(2)15)5-6-12(11)17-9(3)13(14)16/h5-9,15H,4H2,1-3H3. The molecule has 17 heavy (non-hydrogen) atoms. The van der Waals surface area contributed by atoms with Crippen LogP contribution in [0, 0.1) is 0 Å². The average Bonchev–Trinajstić information content (AvgIpc) is 2.30. The van der Waals surface area contributed by atoms with Gasteiger partial charge in [0.15, 0.2) is 6.10 Å². The first kappa shape index (κ1) is 11.9. The van der Waals surface area contributed by atoms with E-state index in [1.807, 2.05) is 25.1 Å². The average molecular weight is 235 g/mol. The third-order valence-corrected chi connectivity index (χ3v) is 2.99. The first-order chi connectivity index (χ1) is 8.04.